The van der Waals surface area contributed by atoms with Crippen molar-refractivity contribution in [2.24, 2.45) is 5.92 Å². The van der Waals surface area contributed by atoms with E-state index in [1.54, 1.807) is 13.8 Å². The van der Waals surface area contributed by atoms with Crippen LogP contribution in [0.3, 0.4) is 0 Å². The molecule has 3 heteroatoms. The Labute approximate surface area is 92.3 Å². The average molecular weight is 213 g/mol. The van der Waals surface area contributed by atoms with Gasteiger partial charge in [0.1, 0.15) is 0 Å². The minimum atomic E-state index is -0.902. The molecule has 0 bridgehead atoms. The number of amides is 1. The first-order valence-electron chi connectivity index (χ1n) is 5.78. The Kier molecular flexibility index (Phi) is 3.44. The molecule has 0 saturated heterocycles. The molecule has 1 rings (SSSR count). The smallest absolute Gasteiger partial charge is 0.223 e. The summed E-state index contributed by atoms with van der Waals surface area (Å²) in [5.41, 5.74) is -1.48. The maximum Gasteiger partial charge on any atom is 0.223 e. The van der Waals surface area contributed by atoms with Gasteiger partial charge in [0.05, 0.1) is 11.1 Å². The van der Waals surface area contributed by atoms with E-state index in [9.17, 15) is 9.90 Å². The summed E-state index contributed by atoms with van der Waals surface area (Å²) in [6.45, 7) is 7.17. The van der Waals surface area contributed by atoms with Gasteiger partial charge < -0.3 is 10.4 Å². The topological polar surface area (TPSA) is 49.3 Å². The van der Waals surface area contributed by atoms with Gasteiger partial charge in [-0.15, -0.1) is 0 Å². The maximum absolute atomic E-state index is 11.9. The minimum Gasteiger partial charge on any atom is -0.388 e. The summed E-state index contributed by atoms with van der Waals surface area (Å²) in [5, 5.41) is 12.9. The number of carbonyl (C=O) groups is 1. The average Bonchev–Trinajstić information content (AvgIpc) is 2.51. The number of nitrogens with one attached hydrogen (secondary N) is 1. The normalized spacial score (nSPS) is 19.3. The third-order valence-corrected chi connectivity index (χ3v) is 3.69. The van der Waals surface area contributed by atoms with Crippen LogP contribution in [0.2, 0.25) is 0 Å². The maximum atomic E-state index is 11.9. The molecule has 0 unspecified atom stereocenters. The number of carbonyl (C=O) groups excluding carboxylic acids is 1. The third-order valence-electron chi connectivity index (χ3n) is 3.69. The van der Waals surface area contributed by atoms with Crippen molar-refractivity contribution in [3.63, 3.8) is 0 Å². The van der Waals surface area contributed by atoms with E-state index in [2.05, 4.69) is 5.32 Å². The molecule has 0 aromatic carbocycles. The monoisotopic (exact) mass is 213 g/mol. The van der Waals surface area contributed by atoms with Gasteiger partial charge >= 0.3 is 0 Å². The number of hydrogen-bond donors (Lipinski definition) is 2. The van der Waals surface area contributed by atoms with Crippen LogP contribution in [0.4, 0.5) is 0 Å². The van der Waals surface area contributed by atoms with Crippen molar-refractivity contribution < 1.29 is 9.90 Å². The molecule has 0 aromatic heterocycles. The summed E-state index contributed by atoms with van der Waals surface area (Å²) >= 11 is 0. The molecule has 1 saturated carbocycles. The summed E-state index contributed by atoms with van der Waals surface area (Å²) in [5.74, 6) is 0.256. The van der Waals surface area contributed by atoms with Crippen molar-refractivity contribution in [1.29, 1.82) is 0 Å². The van der Waals surface area contributed by atoms with Gasteiger partial charge in [0, 0.05) is 5.92 Å². The zero-order valence-corrected chi connectivity index (χ0v) is 10.3. The van der Waals surface area contributed by atoms with Gasteiger partial charge in [-0.25, -0.2) is 0 Å². The molecule has 3 nitrogen and oxygen atoms in total. The highest BCUT2D eigenvalue weighted by molar-refractivity contribution is 5.79. The Morgan fingerprint density at radius 3 is 2.07 bits per heavy atom. The Morgan fingerprint density at radius 1 is 1.20 bits per heavy atom. The predicted octanol–water partition coefficient (Wildman–Crippen LogP) is 1.84. The Morgan fingerprint density at radius 2 is 1.67 bits per heavy atom. The number of rotatable bonds is 3. The van der Waals surface area contributed by atoms with Crippen molar-refractivity contribution in [1.82, 2.24) is 5.32 Å². The molecule has 1 amide bonds. The van der Waals surface area contributed by atoms with Crippen molar-refractivity contribution in [2.75, 3.05) is 0 Å². The molecule has 0 heterocycles. The first-order chi connectivity index (χ1) is 6.74. The zero-order valence-electron chi connectivity index (χ0n) is 10.3. The lowest BCUT2D eigenvalue weighted by Crippen LogP contribution is -2.58. The molecule has 0 spiro atoms. The van der Waals surface area contributed by atoms with E-state index in [0.29, 0.717) is 0 Å². The summed E-state index contributed by atoms with van der Waals surface area (Å²) in [7, 11) is 0. The lowest BCUT2D eigenvalue weighted by Gasteiger charge is -2.38. The molecule has 0 aliphatic heterocycles. The van der Waals surface area contributed by atoms with Crippen LogP contribution in [-0.4, -0.2) is 22.2 Å². The van der Waals surface area contributed by atoms with Crippen molar-refractivity contribution >= 4 is 5.91 Å². The molecule has 2 N–H and O–H groups in total. The molecule has 1 fully saturated rings. The van der Waals surface area contributed by atoms with Crippen LogP contribution in [0, 0.1) is 5.92 Å². The second-order valence-electron chi connectivity index (χ2n) is 5.65. The highest BCUT2D eigenvalue weighted by atomic mass is 16.3. The van der Waals surface area contributed by atoms with Crippen LogP contribution < -0.4 is 5.32 Å². The van der Waals surface area contributed by atoms with Gasteiger partial charge in [-0.1, -0.05) is 12.8 Å². The van der Waals surface area contributed by atoms with Gasteiger partial charge in [0.2, 0.25) is 5.91 Å². The van der Waals surface area contributed by atoms with Crippen LogP contribution in [0.15, 0.2) is 0 Å². The SMILES string of the molecule is CC(C)(O)C(C)(C)NC(=O)C1CCCC1. The Bertz CT molecular complexity index is 234. The van der Waals surface area contributed by atoms with Crippen LogP contribution in [0.25, 0.3) is 0 Å². The zero-order chi connectivity index (χ0) is 11.7. The molecule has 0 radical (unpaired) electrons. The van der Waals surface area contributed by atoms with Crippen LogP contribution in [0.1, 0.15) is 53.4 Å². The minimum absolute atomic E-state index is 0.0969. The number of hydrogen-bond acceptors (Lipinski definition) is 2. The fraction of sp³-hybridized carbons (Fsp3) is 0.917. The van der Waals surface area contributed by atoms with Crippen molar-refractivity contribution in [3.05, 3.63) is 0 Å². The Balaban J connectivity index is 2.57. The summed E-state index contributed by atoms with van der Waals surface area (Å²) < 4.78 is 0. The lowest BCUT2D eigenvalue weighted by atomic mass is 9.85. The van der Waals surface area contributed by atoms with E-state index in [-0.39, 0.29) is 11.8 Å². The second-order valence-corrected chi connectivity index (χ2v) is 5.65. The van der Waals surface area contributed by atoms with Crippen molar-refractivity contribution in [2.45, 2.75) is 64.5 Å². The fourth-order valence-electron chi connectivity index (χ4n) is 1.75. The summed E-state index contributed by atoms with van der Waals surface area (Å²) in [4.78, 5) is 11.9. The molecule has 0 atom stereocenters. The highest BCUT2D eigenvalue weighted by Gasteiger charge is 2.38. The number of aliphatic hydroxyl groups is 1. The van der Waals surface area contributed by atoms with Gasteiger partial charge in [0.25, 0.3) is 0 Å². The molecular weight excluding hydrogens is 190 g/mol. The molecular formula is C12H23NO2. The van der Waals surface area contributed by atoms with Crippen LogP contribution in [-0.2, 0) is 4.79 Å². The molecule has 1 aliphatic rings. The molecule has 88 valence electrons. The Hall–Kier alpha value is -0.570. The van der Waals surface area contributed by atoms with Gasteiger partial charge in [-0.3, -0.25) is 4.79 Å². The molecule has 0 aromatic rings. The van der Waals surface area contributed by atoms with Gasteiger partial charge in [0.15, 0.2) is 0 Å². The fourth-order valence-corrected chi connectivity index (χ4v) is 1.75. The van der Waals surface area contributed by atoms with E-state index in [1.807, 2.05) is 13.8 Å². The second kappa shape index (κ2) is 4.12. The van der Waals surface area contributed by atoms with E-state index >= 15 is 0 Å². The van der Waals surface area contributed by atoms with E-state index in [1.165, 1.54) is 0 Å². The predicted molar refractivity (Wildman–Crippen MR) is 60.5 cm³/mol. The lowest BCUT2D eigenvalue weighted by molar-refractivity contribution is -0.129. The first-order valence-corrected chi connectivity index (χ1v) is 5.78. The molecule has 15 heavy (non-hydrogen) atoms. The third kappa shape index (κ3) is 2.94. The van der Waals surface area contributed by atoms with Gasteiger partial charge in [-0.05, 0) is 40.5 Å². The first kappa shape index (κ1) is 12.5. The van der Waals surface area contributed by atoms with Gasteiger partial charge in [-0.2, -0.15) is 0 Å². The van der Waals surface area contributed by atoms with E-state index in [4.69, 9.17) is 0 Å². The summed E-state index contributed by atoms with van der Waals surface area (Å²) in [6.07, 6.45) is 4.30. The van der Waals surface area contributed by atoms with Crippen LogP contribution in [0.5, 0.6) is 0 Å². The standard InChI is InChI=1S/C12H23NO2/c1-11(2,12(3,4)15)13-10(14)9-7-5-6-8-9/h9,15H,5-8H2,1-4H3,(H,13,14). The van der Waals surface area contributed by atoms with E-state index < -0.39 is 11.1 Å². The molecule has 1 aliphatic carbocycles. The summed E-state index contributed by atoms with van der Waals surface area (Å²) in [6, 6.07) is 0. The van der Waals surface area contributed by atoms with Crippen molar-refractivity contribution in [3.8, 4) is 0 Å². The largest absolute Gasteiger partial charge is 0.388 e. The van der Waals surface area contributed by atoms with E-state index in [0.717, 1.165) is 25.7 Å². The highest BCUT2D eigenvalue weighted by Crippen LogP contribution is 2.27. The van der Waals surface area contributed by atoms with Crippen LogP contribution >= 0.6 is 0 Å². The quantitative estimate of drug-likeness (QED) is 0.751.